The lowest BCUT2D eigenvalue weighted by Crippen LogP contribution is -2.30. The van der Waals surface area contributed by atoms with Crippen LogP contribution in [-0.4, -0.2) is 38.1 Å². The molecular weight excluding hydrogens is 407 g/mol. The first kappa shape index (κ1) is 20.3. The highest BCUT2D eigenvalue weighted by molar-refractivity contribution is 5.76. The standard InChI is InChI=1S/C24H23FN6O/c25-19-8-6-18(7-9-19)22-23(31(30-29-22)16-17-10-13-26-14-11-17)21-12-15-27-24(28-21)32-20-4-2-1-3-5-20/h1-9,12,15,17,26H,10-11,13-14,16H2. The summed E-state index contributed by atoms with van der Waals surface area (Å²) in [4.78, 5) is 8.91. The van der Waals surface area contributed by atoms with Crippen LogP contribution in [-0.2, 0) is 6.54 Å². The number of benzene rings is 2. The van der Waals surface area contributed by atoms with Gasteiger partial charge < -0.3 is 10.1 Å². The maximum Gasteiger partial charge on any atom is 0.322 e. The van der Waals surface area contributed by atoms with E-state index >= 15 is 0 Å². The second-order valence-corrected chi connectivity index (χ2v) is 7.81. The Labute approximate surface area is 185 Å². The van der Waals surface area contributed by atoms with Crippen molar-refractivity contribution in [1.29, 1.82) is 0 Å². The van der Waals surface area contributed by atoms with Crippen molar-refractivity contribution in [3.63, 3.8) is 0 Å². The Morgan fingerprint density at radius 2 is 1.78 bits per heavy atom. The van der Waals surface area contributed by atoms with Gasteiger partial charge in [-0.05, 0) is 74.3 Å². The van der Waals surface area contributed by atoms with E-state index < -0.39 is 0 Å². The number of halogens is 1. The number of hydrogen-bond acceptors (Lipinski definition) is 6. The zero-order valence-electron chi connectivity index (χ0n) is 17.5. The summed E-state index contributed by atoms with van der Waals surface area (Å²) in [6.07, 6.45) is 3.82. The van der Waals surface area contributed by atoms with Gasteiger partial charge in [0, 0.05) is 18.3 Å². The van der Waals surface area contributed by atoms with Gasteiger partial charge in [-0.25, -0.2) is 14.1 Å². The molecule has 1 aliphatic heterocycles. The number of piperidine rings is 1. The average Bonchev–Trinajstić information content (AvgIpc) is 3.24. The fraction of sp³-hybridized carbons (Fsp3) is 0.250. The third kappa shape index (κ3) is 4.50. The quantitative estimate of drug-likeness (QED) is 0.491. The van der Waals surface area contributed by atoms with Crippen molar-refractivity contribution in [2.75, 3.05) is 13.1 Å². The Morgan fingerprint density at radius 1 is 1.00 bits per heavy atom. The molecule has 0 atom stereocenters. The summed E-state index contributed by atoms with van der Waals surface area (Å²) < 4.78 is 21.3. The van der Waals surface area contributed by atoms with E-state index in [2.05, 4.69) is 25.6 Å². The van der Waals surface area contributed by atoms with Crippen molar-refractivity contribution < 1.29 is 9.13 Å². The van der Waals surface area contributed by atoms with Crippen LogP contribution >= 0.6 is 0 Å². The smallest absolute Gasteiger partial charge is 0.322 e. The largest absolute Gasteiger partial charge is 0.424 e. The van der Waals surface area contributed by atoms with Gasteiger partial charge in [-0.3, -0.25) is 0 Å². The van der Waals surface area contributed by atoms with Crippen LogP contribution in [0, 0.1) is 11.7 Å². The highest BCUT2D eigenvalue weighted by atomic mass is 19.1. The summed E-state index contributed by atoms with van der Waals surface area (Å²) in [6, 6.07) is 17.7. The second kappa shape index (κ2) is 9.23. The molecule has 162 valence electrons. The van der Waals surface area contributed by atoms with Gasteiger partial charge in [0.15, 0.2) is 0 Å². The van der Waals surface area contributed by atoms with Crippen molar-refractivity contribution in [2.45, 2.75) is 19.4 Å². The van der Waals surface area contributed by atoms with Crippen LogP contribution in [0.5, 0.6) is 11.8 Å². The van der Waals surface area contributed by atoms with Gasteiger partial charge in [0.05, 0.1) is 5.69 Å². The van der Waals surface area contributed by atoms with Crippen LogP contribution in [0.2, 0.25) is 0 Å². The molecular formula is C24H23FN6O. The number of nitrogens with one attached hydrogen (secondary N) is 1. The molecule has 4 aromatic rings. The lowest BCUT2D eigenvalue weighted by Gasteiger charge is -2.23. The zero-order chi connectivity index (χ0) is 21.8. The van der Waals surface area contributed by atoms with Gasteiger partial charge in [-0.15, -0.1) is 5.10 Å². The van der Waals surface area contributed by atoms with Crippen molar-refractivity contribution in [3.05, 3.63) is 72.7 Å². The topological polar surface area (TPSA) is 77.8 Å². The summed E-state index contributed by atoms with van der Waals surface area (Å²) >= 11 is 0. The number of hydrogen-bond donors (Lipinski definition) is 1. The van der Waals surface area contributed by atoms with Gasteiger partial charge in [0.1, 0.15) is 23.0 Å². The van der Waals surface area contributed by atoms with E-state index in [1.54, 1.807) is 18.3 Å². The minimum atomic E-state index is -0.294. The van der Waals surface area contributed by atoms with E-state index in [1.807, 2.05) is 41.1 Å². The first-order chi connectivity index (χ1) is 15.8. The van der Waals surface area contributed by atoms with Gasteiger partial charge in [0.2, 0.25) is 0 Å². The summed E-state index contributed by atoms with van der Waals surface area (Å²) in [5.41, 5.74) is 2.87. The molecule has 0 unspecified atom stereocenters. The molecule has 8 heteroatoms. The van der Waals surface area contributed by atoms with E-state index in [0.29, 0.717) is 23.1 Å². The van der Waals surface area contributed by atoms with E-state index in [4.69, 9.17) is 4.74 Å². The Bertz CT molecular complexity index is 1170. The molecule has 1 aliphatic rings. The molecule has 0 radical (unpaired) electrons. The molecule has 0 amide bonds. The molecule has 2 aromatic heterocycles. The predicted molar refractivity (Wildman–Crippen MR) is 119 cm³/mol. The summed E-state index contributed by atoms with van der Waals surface area (Å²) in [5, 5.41) is 12.3. The third-order valence-electron chi connectivity index (χ3n) is 5.57. The molecule has 7 nitrogen and oxygen atoms in total. The minimum Gasteiger partial charge on any atom is -0.424 e. The zero-order valence-corrected chi connectivity index (χ0v) is 17.5. The molecule has 0 saturated carbocycles. The Morgan fingerprint density at radius 3 is 2.56 bits per heavy atom. The van der Waals surface area contributed by atoms with E-state index in [0.717, 1.165) is 43.7 Å². The summed E-state index contributed by atoms with van der Waals surface area (Å²) in [7, 11) is 0. The maximum atomic E-state index is 13.5. The molecule has 5 rings (SSSR count). The Hall–Kier alpha value is -3.65. The Kier molecular flexibility index (Phi) is 5.85. The monoisotopic (exact) mass is 430 g/mol. The van der Waals surface area contributed by atoms with E-state index in [1.165, 1.54) is 12.1 Å². The van der Waals surface area contributed by atoms with Gasteiger partial charge in [0.25, 0.3) is 0 Å². The summed E-state index contributed by atoms with van der Waals surface area (Å²) in [6.45, 7) is 2.74. The first-order valence-electron chi connectivity index (χ1n) is 10.7. The van der Waals surface area contributed by atoms with E-state index in [-0.39, 0.29) is 11.8 Å². The van der Waals surface area contributed by atoms with Crippen LogP contribution in [0.4, 0.5) is 4.39 Å². The summed E-state index contributed by atoms with van der Waals surface area (Å²) in [5.74, 6) is 0.863. The highest BCUT2D eigenvalue weighted by Gasteiger charge is 2.22. The molecule has 0 spiro atoms. The van der Waals surface area contributed by atoms with Crippen molar-refractivity contribution in [2.24, 2.45) is 5.92 Å². The maximum absolute atomic E-state index is 13.5. The van der Waals surface area contributed by atoms with E-state index in [9.17, 15) is 4.39 Å². The number of aromatic nitrogens is 5. The predicted octanol–water partition coefficient (Wildman–Crippen LogP) is 4.33. The molecule has 1 fully saturated rings. The van der Waals surface area contributed by atoms with Gasteiger partial charge in [-0.1, -0.05) is 23.4 Å². The average molecular weight is 430 g/mol. The number of nitrogens with zero attached hydrogens (tertiary/aromatic N) is 5. The highest BCUT2D eigenvalue weighted by Crippen LogP contribution is 2.31. The fourth-order valence-electron chi connectivity index (χ4n) is 3.92. The van der Waals surface area contributed by atoms with Gasteiger partial charge in [-0.2, -0.15) is 4.98 Å². The molecule has 1 saturated heterocycles. The van der Waals surface area contributed by atoms with Gasteiger partial charge >= 0.3 is 6.01 Å². The first-order valence-corrected chi connectivity index (χ1v) is 10.7. The normalized spacial score (nSPS) is 14.4. The second-order valence-electron chi connectivity index (χ2n) is 7.81. The molecule has 32 heavy (non-hydrogen) atoms. The van der Waals surface area contributed by atoms with Crippen LogP contribution in [0.1, 0.15) is 12.8 Å². The number of ether oxygens (including phenoxy) is 1. The van der Waals surface area contributed by atoms with Crippen molar-refractivity contribution in [3.8, 4) is 34.4 Å². The minimum absolute atomic E-state index is 0.244. The Balaban J connectivity index is 1.53. The number of para-hydroxylation sites is 1. The van der Waals surface area contributed by atoms with Crippen LogP contribution in [0.15, 0.2) is 66.9 Å². The number of rotatable bonds is 6. The SMILES string of the molecule is Fc1ccc(-c2nnn(CC3CCNCC3)c2-c2ccnc(Oc3ccccc3)n2)cc1. The molecule has 0 bridgehead atoms. The van der Waals surface area contributed by atoms with Crippen LogP contribution < -0.4 is 10.1 Å². The van der Waals surface area contributed by atoms with Crippen molar-refractivity contribution in [1.82, 2.24) is 30.3 Å². The molecule has 1 N–H and O–H groups in total. The fourth-order valence-corrected chi connectivity index (χ4v) is 3.92. The van der Waals surface area contributed by atoms with Crippen LogP contribution in [0.3, 0.4) is 0 Å². The van der Waals surface area contributed by atoms with Crippen LogP contribution in [0.25, 0.3) is 22.6 Å². The lowest BCUT2D eigenvalue weighted by atomic mass is 9.98. The third-order valence-corrected chi connectivity index (χ3v) is 5.57. The molecule has 2 aromatic carbocycles. The molecule has 3 heterocycles. The lowest BCUT2D eigenvalue weighted by molar-refractivity contribution is 0.319. The van der Waals surface area contributed by atoms with Crippen molar-refractivity contribution >= 4 is 0 Å². The molecule has 0 aliphatic carbocycles.